The Hall–Kier alpha value is -2.13. The Morgan fingerprint density at radius 1 is 0.931 bits per heavy atom. The molecule has 0 bridgehead atoms. The molecule has 160 valence electrons. The fourth-order valence-corrected chi connectivity index (χ4v) is 2.38. The van der Waals surface area contributed by atoms with Crippen molar-refractivity contribution in [3.8, 4) is 0 Å². The van der Waals surface area contributed by atoms with E-state index in [2.05, 4.69) is 21.0 Å². The van der Waals surface area contributed by atoms with Crippen LogP contribution in [0.15, 0.2) is 24.5 Å². The molecule has 8 nitrogen and oxygen atoms in total. The van der Waals surface area contributed by atoms with Crippen molar-refractivity contribution in [1.82, 2.24) is 9.97 Å². The van der Waals surface area contributed by atoms with E-state index in [9.17, 15) is 9.59 Å². The standard InChI is InChI=1S/C9H11ClN2O2.C8H7Cl2NO2.CH5N/c1-3-14-9(13)6-5-12-8(10)4-7(6)11-2;1-2-13-8(12)5-4-11-7(10)3-6(5)9;1-2/h4-5H,3H2,1-2H3,(H,11,12);3-4H,2H2,1H3;2H2,1H3. The average Bonchev–Trinajstić information content (AvgIpc) is 2.70. The van der Waals surface area contributed by atoms with E-state index in [1.807, 2.05) is 0 Å². The third kappa shape index (κ3) is 9.27. The Labute approximate surface area is 184 Å². The second-order valence-electron chi connectivity index (χ2n) is 4.73. The molecule has 0 fully saturated rings. The predicted octanol–water partition coefficient (Wildman–Crippen LogP) is 4.09. The lowest BCUT2D eigenvalue weighted by molar-refractivity contribution is 0.0517. The van der Waals surface area contributed by atoms with Gasteiger partial charge in [0.15, 0.2) is 0 Å². The van der Waals surface area contributed by atoms with Crippen LogP contribution < -0.4 is 11.1 Å². The van der Waals surface area contributed by atoms with Gasteiger partial charge in [0.05, 0.1) is 29.5 Å². The lowest BCUT2D eigenvalue weighted by Crippen LogP contribution is -2.08. The van der Waals surface area contributed by atoms with Crippen LogP contribution in [0, 0.1) is 0 Å². The minimum absolute atomic E-state index is 0.230. The number of esters is 2. The first-order valence-electron chi connectivity index (χ1n) is 8.40. The normalized spacial score (nSPS) is 9.24. The maximum atomic E-state index is 11.4. The van der Waals surface area contributed by atoms with Gasteiger partial charge in [-0.1, -0.05) is 34.8 Å². The van der Waals surface area contributed by atoms with Crippen LogP contribution in [0.3, 0.4) is 0 Å². The molecule has 0 aliphatic heterocycles. The van der Waals surface area contributed by atoms with E-state index in [0.717, 1.165) is 0 Å². The number of carbonyl (C=O) groups excluding carboxylic acids is 2. The summed E-state index contributed by atoms with van der Waals surface area (Å²) in [5.41, 5.74) is 5.73. The summed E-state index contributed by atoms with van der Waals surface area (Å²) >= 11 is 17.0. The van der Waals surface area contributed by atoms with Gasteiger partial charge in [0.2, 0.25) is 0 Å². The molecule has 0 aliphatic carbocycles. The summed E-state index contributed by atoms with van der Waals surface area (Å²) in [6, 6.07) is 2.98. The molecule has 0 atom stereocenters. The van der Waals surface area contributed by atoms with Gasteiger partial charge in [0, 0.05) is 19.4 Å². The van der Waals surface area contributed by atoms with Gasteiger partial charge in [-0.2, -0.15) is 0 Å². The largest absolute Gasteiger partial charge is 0.462 e. The minimum atomic E-state index is -0.489. The molecule has 0 saturated heterocycles. The first-order chi connectivity index (χ1) is 13.8. The molecule has 0 spiro atoms. The van der Waals surface area contributed by atoms with Crippen LogP contribution in [0.25, 0.3) is 0 Å². The maximum absolute atomic E-state index is 11.4. The van der Waals surface area contributed by atoms with Gasteiger partial charge in [-0.15, -0.1) is 0 Å². The van der Waals surface area contributed by atoms with Crippen molar-refractivity contribution in [2.45, 2.75) is 13.8 Å². The summed E-state index contributed by atoms with van der Waals surface area (Å²) < 4.78 is 9.59. The lowest BCUT2D eigenvalue weighted by Gasteiger charge is -2.07. The molecule has 29 heavy (non-hydrogen) atoms. The monoisotopic (exact) mass is 464 g/mol. The van der Waals surface area contributed by atoms with Crippen LogP contribution in [0.4, 0.5) is 5.69 Å². The Bertz CT molecular complexity index is 807. The number of anilines is 1. The van der Waals surface area contributed by atoms with Gasteiger partial charge in [0.1, 0.15) is 15.9 Å². The average molecular weight is 466 g/mol. The zero-order chi connectivity index (χ0) is 22.4. The lowest BCUT2D eigenvalue weighted by atomic mass is 10.2. The van der Waals surface area contributed by atoms with Crippen molar-refractivity contribution < 1.29 is 19.1 Å². The number of pyridine rings is 2. The van der Waals surface area contributed by atoms with E-state index in [0.29, 0.717) is 29.6 Å². The molecule has 2 aromatic heterocycles. The molecule has 0 unspecified atom stereocenters. The SMILES string of the molecule is CCOC(=O)c1cnc(Cl)cc1Cl.CCOC(=O)c1cnc(Cl)cc1NC.CN. The van der Waals surface area contributed by atoms with E-state index in [4.69, 9.17) is 44.3 Å². The summed E-state index contributed by atoms with van der Waals surface area (Å²) in [5, 5.41) is 3.68. The molecule has 0 amide bonds. The highest BCUT2D eigenvalue weighted by atomic mass is 35.5. The van der Waals surface area contributed by atoms with Crippen molar-refractivity contribution >= 4 is 52.4 Å². The predicted molar refractivity (Wildman–Crippen MR) is 115 cm³/mol. The zero-order valence-electron chi connectivity index (χ0n) is 16.5. The molecular formula is C18H23Cl3N4O4. The highest BCUT2D eigenvalue weighted by molar-refractivity contribution is 6.36. The Kier molecular flexibility index (Phi) is 13.7. The topological polar surface area (TPSA) is 116 Å². The molecule has 2 rings (SSSR count). The summed E-state index contributed by atoms with van der Waals surface area (Å²) in [5.74, 6) is -0.891. The second-order valence-corrected chi connectivity index (χ2v) is 5.91. The number of carbonyl (C=O) groups is 2. The van der Waals surface area contributed by atoms with Crippen LogP contribution in [0.5, 0.6) is 0 Å². The quantitative estimate of drug-likeness (QED) is 0.501. The number of ether oxygens (including phenoxy) is 2. The zero-order valence-corrected chi connectivity index (χ0v) is 18.7. The molecule has 2 heterocycles. The fraction of sp³-hybridized carbons (Fsp3) is 0.333. The number of hydrogen-bond acceptors (Lipinski definition) is 8. The van der Waals surface area contributed by atoms with Crippen molar-refractivity contribution in [2.24, 2.45) is 5.73 Å². The van der Waals surface area contributed by atoms with E-state index in [1.165, 1.54) is 25.5 Å². The summed E-state index contributed by atoms with van der Waals surface area (Å²) in [4.78, 5) is 30.1. The first kappa shape index (κ1) is 26.9. The Morgan fingerprint density at radius 3 is 1.83 bits per heavy atom. The van der Waals surface area contributed by atoms with Gasteiger partial charge < -0.3 is 20.5 Å². The Balaban J connectivity index is 0.000000499. The van der Waals surface area contributed by atoms with Gasteiger partial charge in [-0.3, -0.25) is 0 Å². The van der Waals surface area contributed by atoms with E-state index in [1.54, 1.807) is 27.0 Å². The van der Waals surface area contributed by atoms with Gasteiger partial charge in [0.25, 0.3) is 0 Å². The smallest absolute Gasteiger partial charge is 0.341 e. The molecule has 0 aromatic carbocycles. The van der Waals surface area contributed by atoms with Crippen molar-refractivity contribution in [3.63, 3.8) is 0 Å². The molecule has 0 radical (unpaired) electrons. The highest BCUT2D eigenvalue weighted by Crippen LogP contribution is 2.19. The second kappa shape index (κ2) is 14.8. The maximum Gasteiger partial charge on any atom is 0.341 e. The number of nitrogens with two attached hydrogens (primary N) is 1. The van der Waals surface area contributed by atoms with Gasteiger partial charge in [-0.25, -0.2) is 19.6 Å². The van der Waals surface area contributed by atoms with Gasteiger partial charge >= 0.3 is 11.9 Å². The van der Waals surface area contributed by atoms with Crippen molar-refractivity contribution in [1.29, 1.82) is 0 Å². The molecular weight excluding hydrogens is 443 g/mol. The van der Waals surface area contributed by atoms with E-state index in [-0.39, 0.29) is 15.7 Å². The number of hydrogen-bond donors (Lipinski definition) is 2. The number of aromatic nitrogens is 2. The van der Waals surface area contributed by atoms with Crippen molar-refractivity contribution in [3.05, 3.63) is 51.0 Å². The fourth-order valence-electron chi connectivity index (χ4n) is 1.77. The number of nitrogens with zero attached hydrogens (tertiary/aromatic N) is 2. The van der Waals surface area contributed by atoms with E-state index >= 15 is 0 Å². The summed E-state index contributed by atoms with van der Waals surface area (Å²) in [6.07, 6.45) is 2.69. The van der Waals surface area contributed by atoms with Crippen LogP contribution in [0.1, 0.15) is 34.6 Å². The Morgan fingerprint density at radius 2 is 1.38 bits per heavy atom. The van der Waals surface area contributed by atoms with Crippen LogP contribution in [0.2, 0.25) is 15.3 Å². The minimum Gasteiger partial charge on any atom is -0.462 e. The van der Waals surface area contributed by atoms with Crippen LogP contribution in [-0.4, -0.2) is 49.2 Å². The number of nitrogens with one attached hydrogen (secondary N) is 1. The van der Waals surface area contributed by atoms with Crippen LogP contribution in [-0.2, 0) is 9.47 Å². The number of rotatable bonds is 5. The van der Waals surface area contributed by atoms with E-state index < -0.39 is 11.9 Å². The van der Waals surface area contributed by atoms with Crippen molar-refractivity contribution in [2.75, 3.05) is 32.6 Å². The molecule has 0 aliphatic rings. The third-order valence-electron chi connectivity index (χ3n) is 2.95. The first-order valence-corrected chi connectivity index (χ1v) is 9.53. The van der Waals surface area contributed by atoms with Crippen LogP contribution >= 0.6 is 34.8 Å². The number of halogens is 3. The molecule has 11 heteroatoms. The highest BCUT2D eigenvalue weighted by Gasteiger charge is 2.13. The summed E-state index contributed by atoms with van der Waals surface area (Å²) in [7, 11) is 3.20. The molecule has 3 N–H and O–H groups in total. The third-order valence-corrected chi connectivity index (χ3v) is 3.68. The summed E-state index contributed by atoms with van der Waals surface area (Å²) in [6.45, 7) is 4.11. The molecule has 2 aromatic rings. The van der Waals surface area contributed by atoms with Gasteiger partial charge in [-0.05, 0) is 33.0 Å². The molecule has 0 saturated carbocycles.